The van der Waals surface area contributed by atoms with Crippen molar-refractivity contribution < 1.29 is 14.3 Å². The number of hydrogen-bond donors (Lipinski definition) is 1. The van der Waals surface area contributed by atoms with Gasteiger partial charge in [0, 0.05) is 12.6 Å². The van der Waals surface area contributed by atoms with Crippen LogP contribution in [0.1, 0.15) is 51.0 Å². The van der Waals surface area contributed by atoms with E-state index in [1.54, 1.807) is 43.5 Å². The zero-order chi connectivity index (χ0) is 16.3. The molecule has 0 atom stereocenters. The van der Waals surface area contributed by atoms with Gasteiger partial charge in [0.15, 0.2) is 11.5 Å². The fourth-order valence-electron chi connectivity index (χ4n) is 2.03. The van der Waals surface area contributed by atoms with Crippen LogP contribution < -0.4 is 5.32 Å². The first kappa shape index (κ1) is 16.0. The number of imidazole rings is 1. The molecule has 1 amide bonds. The summed E-state index contributed by atoms with van der Waals surface area (Å²) in [6.45, 7) is 7.30. The number of amides is 1. The van der Waals surface area contributed by atoms with Crippen molar-refractivity contribution in [3.05, 3.63) is 30.1 Å². The number of pyridine rings is 1. The highest BCUT2D eigenvalue weighted by Crippen LogP contribution is 2.21. The van der Waals surface area contributed by atoms with Crippen LogP contribution in [0.2, 0.25) is 0 Å². The molecule has 0 aliphatic rings. The first-order valence-electron chi connectivity index (χ1n) is 7.32. The molecule has 0 aliphatic heterocycles. The molecule has 6 heteroatoms. The molecule has 0 fully saturated rings. The Kier molecular flexibility index (Phi) is 4.49. The summed E-state index contributed by atoms with van der Waals surface area (Å²) in [7, 11) is 0. The van der Waals surface area contributed by atoms with Gasteiger partial charge in [-0.2, -0.15) is 0 Å². The lowest BCUT2D eigenvalue weighted by Crippen LogP contribution is -2.25. The van der Waals surface area contributed by atoms with E-state index in [0.717, 1.165) is 6.42 Å². The number of nitrogens with one attached hydrogen (secondary N) is 1. The van der Waals surface area contributed by atoms with Crippen LogP contribution in [0.25, 0.3) is 5.65 Å². The Labute approximate surface area is 129 Å². The van der Waals surface area contributed by atoms with Crippen molar-refractivity contribution in [1.29, 1.82) is 0 Å². The molecule has 0 unspecified atom stereocenters. The van der Waals surface area contributed by atoms with Crippen molar-refractivity contribution in [3.63, 3.8) is 0 Å². The van der Waals surface area contributed by atoms with E-state index in [4.69, 9.17) is 4.74 Å². The van der Waals surface area contributed by atoms with Crippen molar-refractivity contribution in [1.82, 2.24) is 9.38 Å². The van der Waals surface area contributed by atoms with Crippen molar-refractivity contribution >= 4 is 23.3 Å². The van der Waals surface area contributed by atoms with Gasteiger partial charge in [-0.05, 0) is 39.3 Å². The van der Waals surface area contributed by atoms with Crippen molar-refractivity contribution in [2.45, 2.75) is 46.1 Å². The van der Waals surface area contributed by atoms with Gasteiger partial charge in [-0.15, -0.1) is 0 Å². The second-order valence-corrected chi connectivity index (χ2v) is 6.04. The van der Waals surface area contributed by atoms with Gasteiger partial charge in [-0.3, -0.25) is 9.20 Å². The van der Waals surface area contributed by atoms with Crippen LogP contribution in [-0.2, 0) is 9.53 Å². The average Bonchev–Trinajstić information content (AvgIpc) is 2.74. The van der Waals surface area contributed by atoms with Crippen LogP contribution in [0.15, 0.2) is 24.4 Å². The number of fused-ring (bicyclic) bond motifs is 1. The fraction of sp³-hybridized carbons (Fsp3) is 0.438. The minimum absolute atomic E-state index is 0.171. The van der Waals surface area contributed by atoms with Crippen LogP contribution in [0.5, 0.6) is 0 Å². The molecule has 2 heterocycles. The molecule has 0 spiro atoms. The van der Waals surface area contributed by atoms with E-state index in [1.165, 1.54) is 0 Å². The first-order chi connectivity index (χ1) is 10.3. The molecule has 1 N–H and O–H groups in total. The average molecular weight is 303 g/mol. The largest absolute Gasteiger partial charge is 0.455 e. The molecule has 0 radical (unpaired) electrons. The summed E-state index contributed by atoms with van der Waals surface area (Å²) in [5.41, 5.74) is 0.186. The number of carbonyl (C=O) groups is 2. The minimum Gasteiger partial charge on any atom is -0.455 e. The minimum atomic E-state index is -0.624. The van der Waals surface area contributed by atoms with Gasteiger partial charge in [0.2, 0.25) is 5.91 Å². The maximum atomic E-state index is 12.5. The molecule has 118 valence electrons. The molecule has 2 aromatic rings. The van der Waals surface area contributed by atoms with E-state index >= 15 is 0 Å². The highest BCUT2D eigenvalue weighted by molar-refractivity contribution is 6.00. The van der Waals surface area contributed by atoms with Gasteiger partial charge in [0.25, 0.3) is 0 Å². The summed E-state index contributed by atoms with van der Waals surface area (Å²) in [6.07, 6.45) is 2.82. The molecule has 0 saturated heterocycles. The van der Waals surface area contributed by atoms with E-state index in [1.807, 2.05) is 13.0 Å². The Morgan fingerprint density at radius 3 is 2.68 bits per heavy atom. The van der Waals surface area contributed by atoms with Crippen molar-refractivity contribution in [2.75, 3.05) is 5.32 Å². The summed E-state index contributed by atoms with van der Waals surface area (Å²) >= 11 is 0. The predicted molar refractivity (Wildman–Crippen MR) is 83.9 cm³/mol. The maximum Gasteiger partial charge on any atom is 0.359 e. The predicted octanol–water partition coefficient (Wildman–Crippen LogP) is 3.03. The molecule has 6 nitrogen and oxygen atoms in total. The number of rotatable bonds is 4. The fourth-order valence-corrected chi connectivity index (χ4v) is 2.03. The lowest BCUT2D eigenvalue weighted by molar-refractivity contribution is -0.116. The molecule has 22 heavy (non-hydrogen) atoms. The Balaban J connectivity index is 2.44. The maximum absolute atomic E-state index is 12.5. The Hall–Kier alpha value is -2.37. The van der Waals surface area contributed by atoms with Crippen LogP contribution in [0, 0.1) is 0 Å². The number of nitrogens with zero attached hydrogens (tertiary/aromatic N) is 2. The molecule has 0 aliphatic carbocycles. The number of ether oxygens (including phenoxy) is 1. The Bertz CT molecular complexity index is 698. The molecule has 0 aromatic carbocycles. The molecular weight excluding hydrogens is 282 g/mol. The first-order valence-corrected chi connectivity index (χ1v) is 7.32. The van der Waals surface area contributed by atoms with Crippen LogP contribution in [-0.4, -0.2) is 26.9 Å². The number of aromatic nitrogens is 2. The Morgan fingerprint density at radius 2 is 2.05 bits per heavy atom. The standard InChI is InChI=1S/C16H21N3O3/c1-5-8-12(20)18-14-13(15(21)22-16(2,3)4)19-10-7-6-9-11(19)17-14/h6-7,9-10H,5,8H2,1-4H3,(H,18,20). The van der Waals surface area contributed by atoms with Crippen molar-refractivity contribution in [3.8, 4) is 0 Å². The summed E-state index contributed by atoms with van der Waals surface area (Å²) in [5, 5.41) is 2.70. The van der Waals surface area contributed by atoms with E-state index < -0.39 is 11.6 Å². The van der Waals surface area contributed by atoms with Gasteiger partial charge >= 0.3 is 5.97 Å². The van der Waals surface area contributed by atoms with Crippen LogP contribution in [0.4, 0.5) is 5.82 Å². The molecule has 2 aromatic heterocycles. The quantitative estimate of drug-likeness (QED) is 0.881. The third-order valence-corrected chi connectivity index (χ3v) is 2.86. The van der Waals surface area contributed by atoms with Crippen LogP contribution in [0.3, 0.4) is 0 Å². The van der Waals surface area contributed by atoms with Gasteiger partial charge < -0.3 is 10.1 Å². The molecule has 0 bridgehead atoms. The summed E-state index contributed by atoms with van der Waals surface area (Å²) < 4.78 is 7.04. The highest BCUT2D eigenvalue weighted by atomic mass is 16.6. The van der Waals surface area contributed by atoms with E-state index in [9.17, 15) is 9.59 Å². The molecule has 2 rings (SSSR count). The monoisotopic (exact) mass is 303 g/mol. The summed E-state index contributed by atoms with van der Waals surface area (Å²) in [4.78, 5) is 28.6. The second-order valence-electron chi connectivity index (χ2n) is 6.04. The summed E-state index contributed by atoms with van der Waals surface area (Å²) in [5.74, 6) is -0.451. The van der Waals surface area contributed by atoms with E-state index in [-0.39, 0.29) is 17.4 Å². The zero-order valence-corrected chi connectivity index (χ0v) is 13.3. The van der Waals surface area contributed by atoms with E-state index in [0.29, 0.717) is 12.1 Å². The van der Waals surface area contributed by atoms with Gasteiger partial charge in [-0.25, -0.2) is 9.78 Å². The number of anilines is 1. The number of esters is 1. The van der Waals surface area contributed by atoms with Gasteiger partial charge in [-0.1, -0.05) is 13.0 Å². The van der Waals surface area contributed by atoms with E-state index in [2.05, 4.69) is 10.3 Å². The third-order valence-electron chi connectivity index (χ3n) is 2.86. The number of hydrogen-bond acceptors (Lipinski definition) is 4. The Morgan fingerprint density at radius 1 is 1.32 bits per heavy atom. The normalized spacial score (nSPS) is 11.5. The third kappa shape index (κ3) is 3.63. The smallest absolute Gasteiger partial charge is 0.359 e. The SMILES string of the molecule is CCCC(=O)Nc1nc2ccccn2c1C(=O)OC(C)(C)C. The lowest BCUT2D eigenvalue weighted by atomic mass is 10.2. The second kappa shape index (κ2) is 6.17. The summed E-state index contributed by atoms with van der Waals surface area (Å²) in [6, 6.07) is 5.38. The van der Waals surface area contributed by atoms with Gasteiger partial charge in [0.1, 0.15) is 11.2 Å². The lowest BCUT2D eigenvalue weighted by Gasteiger charge is -2.19. The molecular formula is C16H21N3O3. The van der Waals surface area contributed by atoms with Crippen molar-refractivity contribution in [2.24, 2.45) is 0 Å². The number of carbonyl (C=O) groups excluding carboxylic acids is 2. The highest BCUT2D eigenvalue weighted by Gasteiger charge is 2.25. The zero-order valence-electron chi connectivity index (χ0n) is 13.3. The topological polar surface area (TPSA) is 72.7 Å². The van der Waals surface area contributed by atoms with Gasteiger partial charge in [0.05, 0.1) is 0 Å². The molecule has 0 saturated carbocycles. The van der Waals surface area contributed by atoms with Crippen LogP contribution >= 0.6 is 0 Å².